The summed E-state index contributed by atoms with van der Waals surface area (Å²) in [6.45, 7) is 7.69. The van der Waals surface area contributed by atoms with Crippen LogP contribution in [0.15, 0.2) is 48.0 Å². The molecule has 6 nitrogen and oxygen atoms in total. The molecule has 1 aliphatic rings. The molecule has 0 bridgehead atoms. The first-order chi connectivity index (χ1) is 12.7. The normalized spacial score (nSPS) is 20.1. The highest BCUT2D eigenvalue weighted by Crippen LogP contribution is 2.27. The van der Waals surface area contributed by atoms with E-state index in [1.165, 1.54) is 5.56 Å². The third-order valence-corrected chi connectivity index (χ3v) is 5.00. The summed E-state index contributed by atoms with van der Waals surface area (Å²) in [5.41, 5.74) is 1.19. The van der Waals surface area contributed by atoms with E-state index in [1.54, 1.807) is 0 Å². The molecule has 0 spiro atoms. The summed E-state index contributed by atoms with van der Waals surface area (Å²) < 4.78 is 7.80. The summed E-state index contributed by atoms with van der Waals surface area (Å²) in [6.07, 6.45) is 6.97. The van der Waals surface area contributed by atoms with Crippen LogP contribution in [0.5, 0.6) is 5.75 Å². The molecule has 0 saturated carbocycles. The highest BCUT2D eigenvalue weighted by molar-refractivity contribution is 14.0. The van der Waals surface area contributed by atoms with Crippen LogP contribution in [0.4, 0.5) is 0 Å². The number of aliphatic imine (C=N–C) groups is 1. The van der Waals surface area contributed by atoms with Crippen LogP contribution < -0.4 is 10.1 Å². The van der Waals surface area contributed by atoms with E-state index in [9.17, 15) is 0 Å². The van der Waals surface area contributed by atoms with Crippen molar-refractivity contribution in [3.63, 3.8) is 0 Å². The molecule has 148 valence electrons. The van der Waals surface area contributed by atoms with Crippen LogP contribution in [0.1, 0.15) is 31.9 Å². The third-order valence-electron chi connectivity index (χ3n) is 5.00. The van der Waals surface area contributed by atoms with E-state index in [0.29, 0.717) is 18.6 Å². The van der Waals surface area contributed by atoms with Crippen LogP contribution in [0, 0.1) is 5.92 Å². The van der Waals surface area contributed by atoms with E-state index in [4.69, 9.17) is 4.74 Å². The van der Waals surface area contributed by atoms with Gasteiger partial charge in [-0.25, -0.2) is 4.98 Å². The zero-order valence-electron chi connectivity index (χ0n) is 16.3. The molecule has 1 fully saturated rings. The first-order valence-electron chi connectivity index (χ1n) is 9.36. The number of guanidine groups is 1. The van der Waals surface area contributed by atoms with E-state index in [1.807, 2.05) is 38.6 Å². The van der Waals surface area contributed by atoms with Crippen molar-refractivity contribution in [1.29, 1.82) is 0 Å². The van der Waals surface area contributed by atoms with Gasteiger partial charge in [-0.3, -0.25) is 4.99 Å². The quantitative estimate of drug-likeness (QED) is 0.402. The van der Waals surface area contributed by atoms with Gasteiger partial charge in [0.05, 0.1) is 19.0 Å². The Balaban J connectivity index is 0.00000261. The lowest BCUT2D eigenvalue weighted by atomic mass is 9.93. The van der Waals surface area contributed by atoms with Gasteiger partial charge in [0, 0.05) is 39.1 Å². The number of aromatic nitrogens is 2. The van der Waals surface area contributed by atoms with Gasteiger partial charge in [0.1, 0.15) is 5.75 Å². The first-order valence-corrected chi connectivity index (χ1v) is 9.36. The van der Waals surface area contributed by atoms with Gasteiger partial charge >= 0.3 is 0 Å². The predicted octanol–water partition coefficient (Wildman–Crippen LogP) is 3.56. The molecule has 3 rings (SSSR count). The number of rotatable bonds is 5. The number of hydrogen-bond donors (Lipinski definition) is 1. The Morgan fingerprint density at radius 2 is 2.26 bits per heavy atom. The summed E-state index contributed by atoms with van der Waals surface area (Å²) in [5, 5.41) is 3.50. The number of ether oxygens (including phenoxy) is 1. The molecule has 1 aliphatic heterocycles. The van der Waals surface area contributed by atoms with Crippen LogP contribution in [-0.2, 0) is 6.54 Å². The second-order valence-electron chi connectivity index (χ2n) is 6.77. The molecule has 0 amide bonds. The second kappa shape index (κ2) is 10.5. The van der Waals surface area contributed by atoms with Gasteiger partial charge in [0.2, 0.25) is 0 Å². The second-order valence-corrected chi connectivity index (χ2v) is 6.77. The Hall–Kier alpha value is -1.77. The van der Waals surface area contributed by atoms with Gasteiger partial charge in [-0.2, -0.15) is 0 Å². The number of halogens is 1. The van der Waals surface area contributed by atoms with Crippen molar-refractivity contribution in [2.75, 3.05) is 26.7 Å². The van der Waals surface area contributed by atoms with Gasteiger partial charge in [-0.1, -0.05) is 19.1 Å². The maximum absolute atomic E-state index is 5.59. The lowest BCUT2D eigenvalue weighted by Gasteiger charge is -2.39. The molecular weight excluding hydrogens is 453 g/mol. The predicted molar refractivity (Wildman–Crippen MR) is 120 cm³/mol. The fourth-order valence-corrected chi connectivity index (χ4v) is 3.52. The molecule has 1 aromatic carbocycles. The van der Waals surface area contributed by atoms with Crippen molar-refractivity contribution < 1.29 is 4.74 Å². The van der Waals surface area contributed by atoms with Crippen molar-refractivity contribution >= 4 is 29.9 Å². The van der Waals surface area contributed by atoms with Crippen LogP contribution >= 0.6 is 24.0 Å². The van der Waals surface area contributed by atoms with Crippen molar-refractivity contribution in [2.45, 2.75) is 32.9 Å². The standard InChI is InChI=1S/C20H29N5O.HI/c1-4-26-18-7-5-6-17(12-18)13-23-20(21-3)24-10-8-16(2)19(14-24)25-11-9-22-15-25;/h5-7,9,11-12,15-16,19H,4,8,10,13-14H2,1-3H3,(H,21,23);1H. The van der Waals surface area contributed by atoms with Crippen molar-refractivity contribution in [3.05, 3.63) is 48.5 Å². The van der Waals surface area contributed by atoms with Crippen molar-refractivity contribution in [2.24, 2.45) is 10.9 Å². The molecule has 1 N–H and O–H groups in total. The number of benzene rings is 1. The minimum atomic E-state index is 0. The fraction of sp³-hybridized carbons (Fsp3) is 0.500. The summed E-state index contributed by atoms with van der Waals surface area (Å²) in [6, 6.07) is 8.63. The number of imidazole rings is 1. The Kier molecular flexibility index (Phi) is 8.40. The highest BCUT2D eigenvalue weighted by Gasteiger charge is 2.28. The maximum atomic E-state index is 5.59. The van der Waals surface area contributed by atoms with E-state index < -0.39 is 0 Å². The minimum absolute atomic E-state index is 0. The molecule has 2 atom stereocenters. The molecule has 0 radical (unpaired) electrons. The Bertz CT molecular complexity index is 719. The van der Waals surface area contributed by atoms with Crippen LogP contribution in [0.25, 0.3) is 0 Å². The Labute approximate surface area is 179 Å². The Morgan fingerprint density at radius 1 is 1.41 bits per heavy atom. The number of piperidine rings is 1. The zero-order chi connectivity index (χ0) is 18.4. The monoisotopic (exact) mass is 483 g/mol. The van der Waals surface area contributed by atoms with E-state index >= 15 is 0 Å². The molecule has 1 saturated heterocycles. The first kappa shape index (κ1) is 21.5. The molecule has 2 unspecified atom stereocenters. The number of nitrogens with one attached hydrogen (secondary N) is 1. The largest absolute Gasteiger partial charge is 0.494 e. The number of hydrogen-bond acceptors (Lipinski definition) is 3. The van der Waals surface area contributed by atoms with Gasteiger partial charge in [-0.15, -0.1) is 24.0 Å². The number of nitrogens with zero attached hydrogens (tertiary/aromatic N) is 4. The molecule has 2 aromatic rings. The van der Waals surface area contributed by atoms with Crippen molar-refractivity contribution in [3.8, 4) is 5.75 Å². The smallest absolute Gasteiger partial charge is 0.193 e. The lowest BCUT2D eigenvalue weighted by Crippen LogP contribution is -2.48. The van der Waals surface area contributed by atoms with Crippen LogP contribution in [-0.4, -0.2) is 47.2 Å². The fourth-order valence-electron chi connectivity index (χ4n) is 3.52. The lowest BCUT2D eigenvalue weighted by molar-refractivity contribution is 0.189. The zero-order valence-corrected chi connectivity index (χ0v) is 18.7. The van der Waals surface area contributed by atoms with Crippen LogP contribution in [0.2, 0.25) is 0 Å². The average Bonchev–Trinajstić information content (AvgIpc) is 3.18. The molecule has 27 heavy (non-hydrogen) atoms. The summed E-state index contributed by atoms with van der Waals surface area (Å²) >= 11 is 0. The highest BCUT2D eigenvalue weighted by atomic mass is 127. The Morgan fingerprint density at radius 3 is 2.96 bits per heavy atom. The van der Waals surface area contributed by atoms with Crippen LogP contribution in [0.3, 0.4) is 0 Å². The third kappa shape index (κ3) is 5.60. The molecule has 2 heterocycles. The SMILES string of the molecule is CCOc1cccc(CNC(=NC)N2CCC(C)C(n3ccnc3)C2)c1.I. The molecular formula is C20H30IN5O. The van der Waals surface area contributed by atoms with Gasteiger partial charge in [0.25, 0.3) is 0 Å². The van der Waals surface area contributed by atoms with Gasteiger partial charge in [-0.05, 0) is 37.0 Å². The van der Waals surface area contributed by atoms with E-state index in [-0.39, 0.29) is 24.0 Å². The van der Waals surface area contributed by atoms with Crippen molar-refractivity contribution in [1.82, 2.24) is 19.8 Å². The molecule has 0 aliphatic carbocycles. The molecule has 7 heteroatoms. The maximum Gasteiger partial charge on any atom is 0.193 e. The van der Waals surface area contributed by atoms with Gasteiger partial charge in [0.15, 0.2) is 5.96 Å². The molecule has 1 aromatic heterocycles. The average molecular weight is 483 g/mol. The summed E-state index contributed by atoms with van der Waals surface area (Å²) in [7, 11) is 1.85. The van der Waals surface area contributed by atoms with E-state index in [0.717, 1.165) is 37.8 Å². The minimum Gasteiger partial charge on any atom is -0.494 e. The van der Waals surface area contributed by atoms with Gasteiger partial charge < -0.3 is 19.5 Å². The summed E-state index contributed by atoms with van der Waals surface area (Å²) in [4.78, 5) is 11.1. The topological polar surface area (TPSA) is 54.7 Å². The summed E-state index contributed by atoms with van der Waals surface area (Å²) in [5.74, 6) is 2.49. The van der Waals surface area contributed by atoms with E-state index in [2.05, 4.69) is 50.0 Å². The number of likely N-dealkylation sites (tertiary alicyclic amines) is 1.